The molecule has 1 rings (SSSR count). The third-order valence-corrected chi connectivity index (χ3v) is 2.99. The maximum atomic E-state index is 10.6. The lowest BCUT2D eigenvalue weighted by Gasteiger charge is -2.34. The van der Waals surface area contributed by atoms with E-state index in [2.05, 4.69) is 0 Å². The average Bonchev–Trinajstić information content (AvgIpc) is 2.37. The second kappa shape index (κ2) is 5.13. The van der Waals surface area contributed by atoms with Gasteiger partial charge < -0.3 is 15.3 Å². The minimum absolute atomic E-state index is 0.0958. The highest BCUT2D eigenvalue weighted by Crippen LogP contribution is 2.36. The number of hydrogen-bond acceptors (Lipinski definition) is 3. The Hall–Kier alpha value is -0.640. The summed E-state index contributed by atoms with van der Waals surface area (Å²) in [6.45, 7) is 3.27. The lowest BCUT2D eigenvalue weighted by Crippen LogP contribution is -2.39. The van der Waals surface area contributed by atoms with Crippen LogP contribution >= 0.6 is 0 Å². The minimum atomic E-state index is -1.11. The second-order valence-corrected chi connectivity index (χ2v) is 4.93. The molecule has 3 nitrogen and oxygen atoms in total. The van der Waals surface area contributed by atoms with E-state index in [0.717, 1.165) is 19.3 Å². The standard InChI is InChI=1S/C13H22O3/c1-12(2,15)11-7-4-3-5-8-13(11,16)9-6-10-14/h6-7,9,14-16H,3-5,8,10H2,1-2H3/b9-6-. The van der Waals surface area contributed by atoms with Gasteiger partial charge in [-0.25, -0.2) is 0 Å². The second-order valence-electron chi connectivity index (χ2n) is 4.93. The van der Waals surface area contributed by atoms with Crippen LogP contribution in [0.25, 0.3) is 0 Å². The van der Waals surface area contributed by atoms with E-state index in [4.69, 9.17) is 5.11 Å². The normalized spacial score (nSPS) is 27.9. The van der Waals surface area contributed by atoms with E-state index in [-0.39, 0.29) is 6.61 Å². The summed E-state index contributed by atoms with van der Waals surface area (Å²) >= 11 is 0. The van der Waals surface area contributed by atoms with Crippen molar-refractivity contribution in [2.24, 2.45) is 0 Å². The lowest BCUT2D eigenvalue weighted by atomic mass is 9.80. The summed E-state index contributed by atoms with van der Waals surface area (Å²) in [5, 5.41) is 29.4. The molecule has 0 saturated carbocycles. The maximum Gasteiger partial charge on any atom is 0.107 e. The molecule has 16 heavy (non-hydrogen) atoms. The van der Waals surface area contributed by atoms with E-state index >= 15 is 0 Å². The molecule has 0 aromatic heterocycles. The van der Waals surface area contributed by atoms with Gasteiger partial charge in [0.15, 0.2) is 0 Å². The highest BCUT2D eigenvalue weighted by Gasteiger charge is 2.37. The predicted molar refractivity (Wildman–Crippen MR) is 64.0 cm³/mol. The average molecular weight is 226 g/mol. The predicted octanol–water partition coefficient (Wildman–Crippen LogP) is 1.54. The molecule has 0 bridgehead atoms. The van der Waals surface area contributed by atoms with E-state index in [0.29, 0.717) is 12.0 Å². The van der Waals surface area contributed by atoms with Crippen molar-refractivity contribution in [2.45, 2.75) is 50.7 Å². The zero-order chi connectivity index (χ0) is 12.2. The Balaban J connectivity index is 3.05. The van der Waals surface area contributed by atoms with Gasteiger partial charge in [-0.1, -0.05) is 18.2 Å². The first-order valence-corrected chi connectivity index (χ1v) is 5.84. The van der Waals surface area contributed by atoms with Crippen LogP contribution in [0.3, 0.4) is 0 Å². The number of allylic oxidation sites excluding steroid dienone is 1. The van der Waals surface area contributed by atoms with E-state index in [9.17, 15) is 10.2 Å². The number of hydrogen-bond donors (Lipinski definition) is 3. The molecule has 0 aromatic rings. The molecule has 1 atom stereocenters. The first-order valence-electron chi connectivity index (χ1n) is 5.84. The molecule has 0 saturated heterocycles. The van der Waals surface area contributed by atoms with Crippen LogP contribution in [-0.4, -0.2) is 33.1 Å². The molecule has 0 fully saturated rings. The SMILES string of the molecule is CC(C)(O)C1=CCCCCC1(O)/C=C\CO. The monoisotopic (exact) mass is 226 g/mol. The number of aliphatic hydroxyl groups is 3. The van der Waals surface area contributed by atoms with Crippen LogP contribution < -0.4 is 0 Å². The quantitative estimate of drug-likeness (QED) is 0.640. The summed E-state index contributed by atoms with van der Waals surface area (Å²) in [7, 11) is 0. The first kappa shape index (κ1) is 13.4. The minimum Gasteiger partial charge on any atom is -0.392 e. The van der Waals surface area contributed by atoms with Gasteiger partial charge in [0.1, 0.15) is 5.60 Å². The molecule has 0 aliphatic heterocycles. The Morgan fingerprint density at radius 2 is 2.12 bits per heavy atom. The smallest absolute Gasteiger partial charge is 0.107 e. The van der Waals surface area contributed by atoms with E-state index in [1.54, 1.807) is 19.9 Å². The van der Waals surface area contributed by atoms with Crippen LogP contribution in [0, 0.1) is 0 Å². The zero-order valence-corrected chi connectivity index (χ0v) is 10.1. The first-order chi connectivity index (χ1) is 7.40. The summed E-state index contributed by atoms with van der Waals surface area (Å²) in [6.07, 6.45) is 8.48. The molecule has 3 N–H and O–H groups in total. The van der Waals surface area contributed by atoms with E-state index in [1.807, 2.05) is 6.08 Å². The van der Waals surface area contributed by atoms with Crippen LogP contribution in [0.1, 0.15) is 39.5 Å². The number of aliphatic hydroxyl groups excluding tert-OH is 1. The van der Waals surface area contributed by atoms with Crippen molar-refractivity contribution in [2.75, 3.05) is 6.61 Å². The van der Waals surface area contributed by atoms with Gasteiger partial charge in [-0.15, -0.1) is 0 Å². The topological polar surface area (TPSA) is 60.7 Å². The maximum absolute atomic E-state index is 10.6. The molecule has 0 amide bonds. The van der Waals surface area contributed by atoms with Crippen molar-refractivity contribution in [3.8, 4) is 0 Å². The van der Waals surface area contributed by atoms with Gasteiger partial charge in [-0.3, -0.25) is 0 Å². The largest absolute Gasteiger partial charge is 0.392 e. The molecular formula is C13H22O3. The van der Waals surface area contributed by atoms with Gasteiger partial charge in [0.05, 0.1) is 12.2 Å². The van der Waals surface area contributed by atoms with Crippen LogP contribution in [0.2, 0.25) is 0 Å². The molecule has 1 unspecified atom stereocenters. The summed E-state index contributed by atoms with van der Waals surface area (Å²) in [4.78, 5) is 0. The van der Waals surface area contributed by atoms with Crippen LogP contribution in [-0.2, 0) is 0 Å². The Morgan fingerprint density at radius 1 is 1.44 bits per heavy atom. The van der Waals surface area contributed by atoms with Gasteiger partial charge in [0.25, 0.3) is 0 Å². The Kier molecular flexibility index (Phi) is 4.30. The Bertz CT molecular complexity index is 286. The van der Waals surface area contributed by atoms with Crippen LogP contribution in [0.15, 0.2) is 23.8 Å². The molecule has 0 aromatic carbocycles. The van der Waals surface area contributed by atoms with Crippen molar-refractivity contribution >= 4 is 0 Å². The van der Waals surface area contributed by atoms with Gasteiger partial charge in [0.2, 0.25) is 0 Å². The van der Waals surface area contributed by atoms with Gasteiger partial charge >= 0.3 is 0 Å². The third kappa shape index (κ3) is 3.17. The molecule has 0 radical (unpaired) electrons. The van der Waals surface area contributed by atoms with E-state index < -0.39 is 11.2 Å². The van der Waals surface area contributed by atoms with E-state index in [1.165, 1.54) is 6.08 Å². The number of rotatable bonds is 3. The van der Waals surface area contributed by atoms with Gasteiger partial charge in [-0.05, 0) is 45.1 Å². The van der Waals surface area contributed by atoms with Crippen LogP contribution in [0.4, 0.5) is 0 Å². The molecule has 92 valence electrons. The fourth-order valence-electron chi connectivity index (χ4n) is 2.30. The van der Waals surface area contributed by atoms with Gasteiger partial charge in [0, 0.05) is 0 Å². The molecule has 0 spiro atoms. The van der Waals surface area contributed by atoms with Gasteiger partial charge in [-0.2, -0.15) is 0 Å². The highest BCUT2D eigenvalue weighted by atomic mass is 16.3. The molecule has 3 heteroatoms. The van der Waals surface area contributed by atoms with Crippen molar-refractivity contribution in [1.82, 2.24) is 0 Å². The van der Waals surface area contributed by atoms with Crippen molar-refractivity contribution in [1.29, 1.82) is 0 Å². The Morgan fingerprint density at radius 3 is 2.69 bits per heavy atom. The summed E-state index contributed by atoms with van der Waals surface area (Å²) in [6, 6.07) is 0. The lowest BCUT2D eigenvalue weighted by molar-refractivity contribution is 0.0428. The summed E-state index contributed by atoms with van der Waals surface area (Å²) in [5.41, 5.74) is -1.50. The fourth-order valence-corrected chi connectivity index (χ4v) is 2.30. The highest BCUT2D eigenvalue weighted by molar-refractivity contribution is 5.32. The molecule has 1 aliphatic rings. The fraction of sp³-hybridized carbons (Fsp3) is 0.692. The van der Waals surface area contributed by atoms with Crippen molar-refractivity contribution in [3.63, 3.8) is 0 Å². The molecular weight excluding hydrogens is 204 g/mol. The third-order valence-electron chi connectivity index (χ3n) is 2.99. The summed E-state index contributed by atoms with van der Waals surface area (Å²) in [5.74, 6) is 0. The molecule has 0 heterocycles. The zero-order valence-electron chi connectivity index (χ0n) is 10.1. The van der Waals surface area contributed by atoms with Crippen LogP contribution in [0.5, 0.6) is 0 Å². The Labute approximate surface area is 97.1 Å². The van der Waals surface area contributed by atoms with Crippen molar-refractivity contribution < 1.29 is 15.3 Å². The molecule has 1 aliphatic carbocycles. The van der Waals surface area contributed by atoms with Crippen molar-refractivity contribution in [3.05, 3.63) is 23.8 Å². The summed E-state index contributed by atoms with van der Waals surface area (Å²) < 4.78 is 0.